The molecule has 15 nitrogen and oxygen atoms in total. The van der Waals surface area contributed by atoms with Crippen LogP contribution < -0.4 is 26.6 Å². The standard InChI is InChI=1S/C33H48N7O8P/c1-6-11-23(12-7-2)17-45-30(42)22(5)39-49(44,48-25-13-9-8-10-14-25)47-19-33(18-46-31(43)26(34)21(3)4)15-24(33)16-40-20-36-27-28(40)37-32(35)38-29(27)41/h8-10,13-14,16,20-23,26H,6-7,11-12,15,17-19,34H2,1-5H3,(H,39,44)(H3,35,37,38,41)/b24-16-/t22-,26?,33-,49-/m0/s1. The number of para-hydroxylation sites is 1. The molecule has 0 amide bonds. The minimum Gasteiger partial charge on any atom is -0.464 e. The molecule has 6 N–H and O–H groups in total. The van der Waals surface area contributed by atoms with Gasteiger partial charge in [0.2, 0.25) is 5.95 Å². The quantitative estimate of drug-likeness (QED) is 0.101. The van der Waals surface area contributed by atoms with Crippen molar-refractivity contribution in [1.82, 2.24) is 24.6 Å². The summed E-state index contributed by atoms with van der Waals surface area (Å²) in [5.41, 5.74) is 11.4. The maximum absolute atomic E-state index is 14.3. The molecule has 1 aliphatic carbocycles. The minimum absolute atomic E-state index is 0.0800. The number of H-pyrrole nitrogens is 1. The lowest BCUT2D eigenvalue weighted by Crippen LogP contribution is -2.38. The van der Waals surface area contributed by atoms with E-state index in [4.69, 9.17) is 30.0 Å². The first kappa shape index (κ1) is 37.8. The van der Waals surface area contributed by atoms with Crippen molar-refractivity contribution in [2.75, 3.05) is 25.6 Å². The monoisotopic (exact) mass is 701 g/mol. The van der Waals surface area contributed by atoms with Gasteiger partial charge in [0, 0.05) is 6.20 Å². The van der Waals surface area contributed by atoms with Crippen molar-refractivity contribution in [2.45, 2.75) is 78.8 Å². The number of carbonyl (C=O) groups excluding carboxylic acids is 2. The molecule has 1 aliphatic rings. The topological polar surface area (TPSA) is 216 Å². The van der Waals surface area contributed by atoms with Gasteiger partial charge >= 0.3 is 19.7 Å². The van der Waals surface area contributed by atoms with E-state index in [9.17, 15) is 18.9 Å². The summed E-state index contributed by atoms with van der Waals surface area (Å²) in [5.74, 6) is -0.951. The first-order valence-corrected chi connectivity index (χ1v) is 18.1. The van der Waals surface area contributed by atoms with Crippen LogP contribution in [0.15, 0.2) is 47.0 Å². The highest BCUT2D eigenvalue weighted by atomic mass is 31.2. The summed E-state index contributed by atoms with van der Waals surface area (Å²) in [4.78, 5) is 48.9. The molecule has 0 radical (unpaired) electrons. The smallest absolute Gasteiger partial charge is 0.459 e. The molecule has 2 heterocycles. The van der Waals surface area contributed by atoms with Gasteiger partial charge in [-0.2, -0.15) is 10.1 Å². The molecule has 1 saturated carbocycles. The Kier molecular flexibility index (Phi) is 12.8. The Morgan fingerprint density at radius 3 is 2.45 bits per heavy atom. The number of nitrogens with two attached hydrogens (primary N) is 2. The van der Waals surface area contributed by atoms with Gasteiger partial charge < -0.3 is 25.5 Å². The van der Waals surface area contributed by atoms with E-state index in [0.717, 1.165) is 31.3 Å². The Hall–Kier alpha value is -4.04. The average Bonchev–Trinajstić information content (AvgIpc) is 3.59. The molecule has 0 bridgehead atoms. The van der Waals surface area contributed by atoms with Gasteiger partial charge in [-0.15, -0.1) is 0 Å². The number of carbonyl (C=O) groups is 2. The maximum Gasteiger partial charge on any atom is 0.459 e. The molecule has 1 fully saturated rings. The van der Waals surface area contributed by atoms with Gasteiger partial charge in [-0.3, -0.25) is 28.5 Å². The Labute approximate surface area is 285 Å². The van der Waals surface area contributed by atoms with E-state index in [0.29, 0.717) is 6.42 Å². The number of fused-ring (bicyclic) bond motifs is 1. The SMILES string of the molecule is CCCC(CCC)COC(=O)[C@H](C)N[P@](=O)(OC[C@@]1(COC(=O)C(N)C(C)C)C/C1=C/n1cnc2c(=O)[nH]c(N)nc21)Oc1ccccc1. The van der Waals surface area contributed by atoms with Crippen LogP contribution in [-0.2, 0) is 28.2 Å². The molecule has 0 saturated heterocycles. The molecule has 16 heteroatoms. The van der Waals surface area contributed by atoms with Crippen molar-refractivity contribution in [3.63, 3.8) is 0 Å². The molecule has 0 spiro atoms. The van der Waals surface area contributed by atoms with E-state index in [1.54, 1.807) is 50.4 Å². The third kappa shape index (κ3) is 10.0. The van der Waals surface area contributed by atoms with Crippen LogP contribution in [0.5, 0.6) is 5.75 Å². The molecule has 4 atom stereocenters. The zero-order valence-electron chi connectivity index (χ0n) is 28.7. The lowest BCUT2D eigenvalue weighted by molar-refractivity contribution is -0.148. The number of nitrogens with one attached hydrogen (secondary N) is 2. The summed E-state index contributed by atoms with van der Waals surface area (Å²) in [7, 11) is -4.25. The van der Waals surface area contributed by atoms with E-state index in [1.807, 2.05) is 0 Å². The Balaban J connectivity index is 1.58. The van der Waals surface area contributed by atoms with Gasteiger partial charge in [-0.05, 0) is 55.7 Å². The fourth-order valence-corrected chi connectivity index (χ4v) is 6.85. The molecule has 49 heavy (non-hydrogen) atoms. The van der Waals surface area contributed by atoms with E-state index in [2.05, 4.69) is 33.9 Å². The number of benzene rings is 1. The van der Waals surface area contributed by atoms with E-state index in [-0.39, 0.29) is 54.5 Å². The Morgan fingerprint density at radius 1 is 1.10 bits per heavy atom. The highest BCUT2D eigenvalue weighted by Crippen LogP contribution is 2.56. The third-order valence-electron chi connectivity index (χ3n) is 8.35. The molecule has 1 unspecified atom stereocenters. The normalized spacial score (nSPS) is 19.1. The maximum atomic E-state index is 14.3. The lowest BCUT2D eigenvalue weighted by atomic mass is 9.99. The van der Waals surface area contributed by atoms with Crippen LogP contribution in [0.1, 0.15) is 66.7 Å². The third-order valence-corrected chi connectivity index (χ3v) is 9.98. The van der Waals surface area contributed by atoms with Crippen LogP contribution in [-0.4, -0.2) is 63.4 Å². The van der Waals surface area contributed by atoms with E-state index in [1.165, 1.54) is 17.8 Å². The number of ether oxygens (including phenoxy) is 2. The summed E-state index contributed by atoms with van der Waals surface area (Å²) in [6, 6.07) is 6.52. The summed E-state index contributed by atoms with van der Waals surface area (Å²) < 4.78 is 39.0. The van der Waals surface area contributed by atoms with Crippen molar-refractivity contribution in [3.05, 3.63) is 52.6 Å². The number of hydrogen-bond acceptors (Lipinski definition) is 12. The van der Waals surface area contributed by atoms with Crippen molar-refractivity contribution in [1.29, 1.82) is 0 Å². The second-order valence-corrected chi connectivity index (χ2v) is 14.6. The van der Waals surface area contributed by atoms with Crippen molar-refractivity contribution < 1.29 is 32.7 Å². The fourth-order valence-electron chi connectivity index (χ4n) is 5.28. The largest absolute Gasteiger partial charge is 0.464 e. The van der Waals surface area contributed by atoms with E-state index >= 15 is 0 Å². The first-order chi connectivity index (χ1) is 23.3. The van der Waals surface area contributed by atoms with Crippen LogP contribution in [0.25, 0.3) is 17.4 Å². The molecule has 3 aromatic rings. The predicted molar refractivity (Wildman–Crippen MR) is 185 cm³/mol. The van der Waals surface area contributed by atoms with Gasteiger partial charge in [-0.1, -0.05) is 58.7 Å². The van der Waals surface area contributed by atoms with Gasteiger partial charge in [0.15, 0.2) is 11.2 Å². The van der Waals surface area contributed by atoms with Crippen LogP contribution in [0.3, 0.4) is 0 Å². The van der Waals surface area contributed by atoms with Crippen LogP contribution >= 0.6 is 7.75 Å². The van der Waals surface area contributed by atoms with Gasteiger partial charge in [-0.25, -0.2) is 9.55 Å². The number of aromatic nitrogens is 4. The Bertz CT molecular complexity index is 1720. The zero-order valence-corrected chi connectivity index (χ0v) is 29.6. The predicted octanol–water partition coefficient (Wildman–Crippen LogP) is 4.40. The fraction of sp³-hybridized carbons (Fsp3) is 0.545. The number of hydrogen-bond donors (Lipinski definition) is 4. The van der Waals surface area contributed by atoms with Crippen LogP contribution in [0, 0.1) is 17.3 Å². The summed E-state index contributed by atoms with van der Waals surface area (Å²) in [5, 5.41) is 2.74. The van der Waals surface area contributed by atoms with E-state index < -0.39 is 42.7 Å². The molecule has 0 aliphatic heterocycles. The van der Waals surface area contributed by atoms with Crippen molar-refractivity contribution >= 4 is 43.0 Å². The highest BCUT2D eigenvalue weighted by Gasteiger charge is 2.52. The zero-order chi connectivity index (χ0) is 35.8. The molecular formula is C33H48N7O8P. The molecular weight excluding hydrogens is 653 g/mol. The minimum atomic E-state index is -4.25. The Morgan fingerprint density at radius 2 is 1.80 bits per heavy atom. The molecule has 4 rings (SSSR count). The summed E-state index contributed by atoms with van der Waals surface area (Å²) in [6.07, 6.45) is 7.26. The molecule has 2 aromatic heterocycles. The van der Waals surface area contributed by atoms with Crippen molar-refractivity contribution in [2.24, 2.45) is 23.0 Å². The number of nitrogens with zero attached hydrogens (tertiary/aromatic N) is 3. The number of aromatic amines is 1. The van der Waals surface area contributed by atoms with Crippen LogP contribution in [0.2, 0.25) is 0 Å². The number of nitrogen functional groups attached to an aromatic ring is 1. The lowest BCUT2D eigenvalue weighted by Gasteiger charge is -2.25. The number of rotatable bonds is 19. The van der Waals surface area contributed by atoms with Gasteiger partial charge in [0.25, 0.3) is 5.56 Å². The van der Waals surface area contributed by atoms with Crippen molar-refractivity contribution in [3.8, 4) is 5.75 Å². The highest BCUT2D eigenvalue weighted by molar-refractivity contribution is 7.52. The molecule has 268 valence electrons. The van der Waals surface area contributed by atoms with Gasteiger partial charge in [0.1, 0.15) is 30.8 Å². The van der Waals surface area contributed by atoms with Crippen LogP contribution in [0.4, 0.5) is 5.95 Å². The molecule has 1 aromatic carbocycles. The first-order valence-electron chi connectivity index (χ1n) is 16.6. The van der Waals surface area contributed by atoms with Gasteiger partial charge in [0.05, 0.1) is 18.6 Å². The number of imidazole rings is 1. The summed E-state index contributed by atoms with van der Waals surface area (Å²) in [6.45, 7) is 9.18. The number of esters is 2. The second kappa shape index (κ2) is 16.6. The summed E-state index contributed by atoms with van der Waals surface area (Å²) >= 11 is 0. The average molecular weight is 702 g/mol. The number of anilines is 1. The second-order valence-electron chi connectivity index (χ2n) is 12.9.